The normalized spacial score (nSPS) is 27.6. The summed E-state index contributed by atoms with van der Waals surface area (Å²) >= 11 is 0. The smallest absolute Gasteiger partial charge is 0.233 e. The first-order valence-corrected chi connectivity index (χ1v) is 6.00. The van der Waals surface area contributed by atoms with Crippen molar-refractivity contribution in [2.75, 3.05) is 6.54 Å². The van der Waals surface area contributed by atoms with E-state index in [0.29, 0.717) is 12.0 Å². The van der Waals surface area contributed by atoms with E-state index in [1.807, 2.05) is 0 Å². The van der Waals surface area contributed by atoms with Crippen molar-refractivity contribution in [3.63, 3.8) is 0 Å². The third kappa shape index (κ3) is 2.04. The van der Waals surface area contributed by atoms with Gasteiger partial charge in [0.15, 0.2) is 0 Å². The summed E-state index contributed by atoms with van der Waals surface area (Å²) in [4.78, 5) is 0. The maximum atomic E-state index is 5.72. The van der Waals surface area contributed by atoms with E-state index < -0.39 is 0 Å². The molecule has 15 heavy (non-hydrogen) atoms. The van der Waals surface area contributed by atoms with Crippen LogP contribution in [0.25, 0.3) is 0 Å². The molecular weight excluding hydrogens is 190 g/mol. The zero-order valence-electron chi connectivity index (χ0n) is 8.91. The van der Waals surface area contributed by atoms with Crippen LogP contribution in [0.15, 0.2) is 4.42 Å². The van der Waals surface area contributed by atoms with Gasteiger partial charge in [-0.1, -0.05) is 12.8 Å². The molecule has 1 unspecified atom stereocenters. The Morgan fingerprint density at radius 2 is 1.87 bits per heavy atom. The molecule has 82 valence electrons. The standard InChI is InChI=1S/C11H17N3O/c1-2-4-9(12-7-3-1)11-14-13-10(15-11)8-5-6-8/h8-9,12H,1-7H2. The van der Waals surface area contributed by atoms with E-state index in [1.54, 1.807) is 0 Å². The van der Waals surface area contributed by atoms with Crippen LogP contribution in [0.1, 0.15) is 62.3 Å². The van der Waals surface area contributed by atoms with E-state index in [2.05, 4.69) is 15.5 Å². The molecule has 1 atom stereocenters. The summed E-state index contributed by atoms with van der Waals surface area (Å²) in [7, 11) is 0. The highest BCUT2D eigenvalue weighted by atomic mass is 16.4. The van der Waals surface area contributed by atoms with Gasteiger partial charge in [0, 0.05) is 5.92 Å². The van der Waals surface area contributed by atoms with Crippen molar-refractivity contribution < 1.29 is 4.42 Å². The highest BCUT2D eigenvalue weighted by molar-refractivity contribution is 5.01. The Hall–Kier alpha value is -0.900. The lowest BCUT2D eigenvalue weighted by molar-refractivity contribution is 0.375. The van der Waals surface area contributed by atoms with Gasteiger partial charge in [0.05, 0.1) is 6.04 Å². The predicted molar refractivity (Wildman–Crippen MR) is 55.5 cm³/mol. The first-order valence-electron chi connectivity index (χ1n) is 6.00. The van der Waals surface area contributed by atoms with Crippen LogP contribution in [-0.4, -0.2) is 16.7 Å². The average molecular weight is 207 g/mol. The quantitative estimate of drug-likeness (QED) is 0.807. The first-order chi connectivity index (χ1) is 7.43. The largest absolute Gasteiger partial charge is 0.423 e. The molecule has 0 spiro atoms. The lowest BCUT2D eigenvalue weighted by atomic mass is 10.1. The van der Waals surface area contributed by atoms with Gasteiger partial charge in [-0.25, -0.2) is 0 Å². The monoisotopic (exact) mass is 207 g/mol. The number of nitrogens with one attached hydrogen (secondary N) is 1. The molecule has 2 fully saturated rings. The summed E-state index contributed by atoms with van der Waals surface area (Å²) in [6.07, 6.45) is 7.41. The van der Waals surface area contributed by atoms with E-state index in [9.17, 15) is 0 Å². The molecule has 1 aliphatic carbocycles. The molecule has 3 rings (SSSR count). The van der Waals surface area contributed by atoms with Gasteiger partial charge >= 0.3 is 0 Å². The summed E-state index contributed by atoms with van der Waals surface area (Å²) in [5.74, 6) is 2.23. The number of rotatable bonds is 2. The van der Waals surface area contributed by atoms with Crippen molar-refractivity contribution in [2.45, 2.75) is 50.5 Å². The van der Waals surface area contributed by atoms with Crippen LogP contribution in [0.4, 0.5) is 0 Å². The second-order valence-electron chi connectivity index (χ2n) is 4.61. The van der Waals surface area contributed by atoms with E-state index in [1.165, 1.54) is 32.1 Å². The van der Waals surface area contributed by atoms with Crippen LogP contribution in [0.5, 0.6) is 0 Å². The lowest BCUT2D eigenvalue weighted by Gasteiger charge is -2.09. The third-order valence-electron chi connectivity index (χ3n) is 3.24. The molecule has 0 bridgehead atoms. The Balaban J connectivity index is 1.72. The van der Waals surface area contributed by atoms with Gasteiger partial charge in [0.2, 0.25) is 11.8 Å². The molecule has 1 aliphatic heterocycles. The Morgan fingerprint density at radius 1 is 1.00 bits per heavy atom. The van der Waals surface area contributed by atoms with Crippen molar-refractivity contribution in [3.05, 3.63) is 11.8 Å². The predicted octanol–water partition coefficient (Wildman–Crippen LogP) is 2.15. The molecule has 0 aromatic carbocycles. The third-order valence-corrected chi connectivity index (χ3v) is 3.24. The molecule has 2 heterocycles. The summed E-state index contributed by atoms with van der Waals surface area (Å²) in [6, 6.07) is 0.299. The molecule has 1 aromatic rings. The molecule has 1 N–H and O–H groups in total. The van der Waals surface area contributed by atoms with Crippen LogP contribution in [0.2, 0.25) is 0 Å². The van der Waals surface area contributed by atoms with E-state index in [4.69, 9.17) is 4.42 Å². The fourth-order valence-electron chi connectivity index (χ4n) is 2.12. The lowest BCUT2D eigenvalue weighted by Crippen LogP contribution is -2.20. The summed E-state index contributed by atoms with van der Waals surface area (Å²) in [5, 5.41) is 11.8. The number of hydrogen-bond acceptors (Lipinski definition) is 4. The Labute approximate surface area is 89.5 Å². The van der Waals surface area contributed by atoms with Crippen LogP contribution >= 0.6 is 0 Å². The fraction of sp³-hybridized carbons (Fsp3) is 0.818. The van der Waals surface area contributed by atoms with Crippen molar-refractivity contribution in [1.29, 1.82) is 0 Å². The molecule has 1 aromatic heterocycles. The topological polar surface area (TPSA) is 51.0 Å². The minimum Gasteiger partial charge on any atom is -0.423 e. The van der Waals surface area contributed by atoms with Gasteiger partial charge in [-0.3, -0.25) is 0 Å². The van der Waals surface area contributed by atoms with E-state index in [-0.39, 0.29) is 0 Å². The van der Waals surface area contributed by atoms with Gasteiger partial charge in [0.25, 0.3) is 0 Å². The van der Waals surface area contributed by atoms with Gasteiger partial charge in [-0.05, 0) is 32.2 Å². The van der Waals surface area contributed by atoms with Gasteiger partial charge < -0.3 is 9.73 Å². The molecule has 1 saturated heterocycles. The fourth-order valence-corrected chi connectivity index (χ4v) is 2.12. The van der Waals surface area contributed by atoms with Crippen LogP contribution in [0, 0.1) is 0 Å². The molecule has 4 heteroatoms. The molecular formula is C11H17N3O. The molecule has 0 amide bonds. The van der Waals surface area contributed by atoms with Crippen LogP contribution in [0.3, 0.4) is 0 Å². The minimum absolute atomic E-state index is 0.299. The first kappa shape index (κ1) is 9.33. The van der Waals surface area contributed by atoms with Crippen molar-refractivity contribution in [2.24, 2.45) is 0 Å². The van der Waals surface area contributed by atoms with E-state index >= 15 is 0 Å². The van der Waals surface area contributed by atoms with Crippen molar-refractivity contribution in [3.8, 4) is 0 Å². The number of nitrogens with zero attached hydrogens (tertiary/aromatic N) is 2. The maximum absolute atomic E-state index is 5.72. The molecule has 1 saturated carbocycles. The summed E-state index contributed by atoms with van der Waals surface area (Å²) in [5.41, 5.74) is 0. The van der Waals surface area contributed by atoms with E-state index in [0.717, 1.165) is 24.7 Å². The van der Waals surface area contributed by atoms with Crippen LogP contribution < -0.4 is 5.32 Å². The molecule has 0 radical (unpaired) electrons. The van der Waals surface area contributed by atoms with Gasteiger partial charge in [-0.2, -0.15) is 0 Å². The Bertz CT molecular complexity index is 324. The van der Waals surface area contributed by atoms with Gasteiger partial charge in [0.1, 0.15) is 0 Å². The van der Waals surface area contributed by atoms with Crippen molar-refractivity contribution in [1.82, 2.24) is 15.5 Å². The highest BCUT2D eigenvalue weighted by Gasteiger charge is 2.30. The Morgan fingerprint density at radius 3 is 2.73 bits per heavy atom. The van der Waals surface area contributed by atoms with Gasteiger partial charge in [-0.15, -0.1) is 10.2 Å². The van der Waals surface area contributed by atoms with Crippen LogP contribution in [-0.2, 0) is 0 Å². The average Bonchev–Trinajstić information content (AvgIpc) is 3.04. The SMILES string of the molecule is C1CCNC(c2nnc(C3CC3)o2)CC1. The zero-order chi connectivity index (χ0) is 10.1. The minimum atomic E-state index is 0.299. The second-order valence-corrected chi connectivity index (χ2v) is 4.61. The molecule has 4 nitrogen and oxygen atoms in total. The number of aromatic nitrogens is 2. The summed E-state index contributed by atoms with van der Waals surface area (Å²) in [6.45, 7) is 1.08. The van der Waals surface area contributed by atoms with Crippen molar-refractivity contribution >= 4 is 0 Å². The highest BCUT2D eigenvalue weighted by Crippen LogP contribution is 2.39. The maximum Gasteiger partial charge on any atom is 0.233 e. The summed E-state index contributed by atoms with van der Waals surface area (Å²) < 4.78 is 5.72. The molecule has 2 aliphatic rings. The number of hydrogen-bond donors (Lipinski definition) is 1. The Kier molecular flexibility index (Phi) is 2.44. The second kappa shape index (κ2) is 3.93. The zero-order valence-corrected chi connectivity index (χ0v) is 8.91.